The first-order valence-corrected chi connectivity index (χ1v) is 6.92. The molecule has 4 heteroatoms. The van der Waals surface area contributed by atoms with Gasteiger partial charge in [-0.2, -0.15) is 5.26 Å². The van der Waals surface area contributed by atoms with Gasteiger partial charge in [0, 0.05) is 12.5 Å². The van der Waals surface area contributed by atoms with E-state index in [0.29, 0.717) is 22.8 Å². The van der Waals surface area contributed by atoms with E-state index in [-0.39, 0.29) is 12.0 Å². The molecule has 0 heterocycles. The van der Waals surface area contributed by atoms with Gasteiger partial charge < -0.3 is 9.84 Å². The summed E-state index contributed by atoms with van der Waals surface area (Å²) in [7, 11) is 0. The zero-order valence-corrected chi connectivity index (χ0v) is 11.9. The molecule has 102 valence electrons. The summed E-state index contributed by atoms with van der Waals surface area (Å²) in [5.74, 6) is 0.924. The summed E-state index contributed by atoms with van der Waals surface area (Å²) in [4.78, 5) is 0. The third-order valence-electron chi connectivity index (χ3n) is 3.92. The second-order valence-corrected chi connectivity index (χ2v) is 5.80. The number of halogens is 1. The van der Waals surface area contributed by atoms with E-state index in [9.17, 15) is 5.11 Å². The minimum absolute atomic E-state index is 0.00366. The Morgan fingerprint density at radius 2 is 2.32 bits per heavy atom. The third kappa shape index (κ3) is 3.02. The van der Waals surface area contributed by atoms with Gasteiger partial charge in [0.2, 0.25) is 0 Å². The van der Waals surface area contributed by atoms with E-state index < -0.39 is 5.60 Å². The van der Waals surface area contributed by atoms with Crippen LogP contribution in [0.5, 0.6) is 5.75 Å². The maximum Gasteiger partial charge on any atom is 0.121 e. The fraction of sp³-hybridized carbons (Fsp3) is 0.533. The standard InChI is InChI=1S/C15H18ClNO2/c1-3-11-6-13(8-15(11,2)18)19-12-5-4-10(9-17)14(16)7-12/h4-5,7,11,13,18H,3,6,8H2,1-2H3/t11-,13+,15?/m1/s1. The molecule has 1 aromatic rings. The summed E-state index contributed by atoms with van der Waals surface area (Å²) in [6.07, 6.45) is 2.43. The zero-order chi connectivity index (χ0) is 14.0. The largest absolute Gasteiger partial charge is 0.490 e. The highest BCUT2D eigenvalue weighted by Gasteiger charge is 2.42. The minimum atomic E-state index is -0.657. The van der Waals surface area contributed by atoms with Crippen LogP contribution in [-0.2, 0) is 0 Å². The van der Waals surface area contributed by atoms with Gasteiger partial charge in [-0.1, -0.05) is 24.9 Å². The molecule has 0 radical (unpaired) electrons. The average Bonchev–Trinajstić information content (AvgIpc) is 2.63. The molecular formula is C15H18ClNO2. The summed E-state index contributed by atoms with van der Waals surface area (Å²) < 4.78 is 5.87. The molecule has 0 bridgehead atoms. The van der Waals surface area contributed by atoms with E-state index in [1.807, 2.05) is 13.0 Å². The lowest BCUT2D eigenvalue weighted by Crippen LogP contribution is -2.28. The van der Waals surface area contributed by atoms with Gasteiger partial charge >= 0.3 is 0 Å². The van der Waals surface area contributed by atoms with Crippen LogP contribution in [0.2, 0.25) is 5.02 Å². The first kappa shape index (κ1) is 14.2. The SMILES string of the molecule is CC[C@@H]1C[C@H](Oc2ccc(C#N)c(Cl)c2)CC1(C)O. The highest BCUT2D eigenvalue weighted by Crippen LogP contribution is 2.39. The fourth-order valence-electron chi connectivity index (χ4n) is 2.83. The Bertz CT molecular complexity index is 507. The molecule has 1 aliphatic carbocycles. The predicted molar refractivity (Wildman–Crippen MR) is 74.2 cm³/mol. The van der Waals surface area contributed by atoms with E-state index in [4.69, 9.17) is 21.6 Å². The molecule has 1 unspecified atom stereocenters. The molecule has 1 saturated carbocycles. The van der Waals surface area contributed by atoms with E-state index in [2.05, 4.69) is 6.92 Å². The van der Waals surface area contributed by atoms with Gasteiger partial charge in [0.05, 0.1) is 16.2 Å². The van der Waals surface area contributed by atoms with E-state index >= 15 is 0 Å². The summed E-state index contributed by atoms with van der Waals surface area (Å²) in [6, 6.07) is 7.08. The maximum absolute atomic E-state index is 10.3. The van der Waals surface area contributed by atoms with Crippen molar-refractivity contribution in [3.63, 3.8) is 0 Å². The Morgan fingerprint density at radius 3 is 2.84 bits per heavy atom. The smallest absolute Gasteiger partial charge is 0.121 e. The van der Waals surface area contributed by atoms with Gasteiger partial charge in [-0.15, -0.1) is 0 Å². The number of nitriles is 1. The minimum Gasteiger partial charge on any atom is -0.490 e. The number of aliphatic hydroxyl groups is 1. The Labute approximate surface area is 118 Å². The van der Waals surface area contributed by atoms with Crippen LogP contribution in [0, 0.1) is 17.2 Å². The molecule has 3 nitrogen and oxygen atoms in total. The van der Waals surface area contributed by atoms with Crippen LogP contribution < -0.4 is 4.74 Å². The highest BCUT2D eigenvalue weighted by atomic mass is 35.5. The number of benzene rings is 1. The zero-order valence-electron chi connectivity index (χ0n) is 11.2. The van der Waals surface area contributed by atoms with Gasteiger partial charge in [-0.3, -0.25) is 0 Å². The monoisotopic (exact) mass is 279 g/mol. The topological polar surface area (TPSA) is 53.2 Å². The number of hydrogen-bond donors (Lipinski definition) is 1. The summed E-state index contributed by atoms with van der Waals surface area (Å²) in [5, 5.41) is 19.5. The predicted octanol–water partition coefficient (Wildman–Crippen LogP) is 3.53. The van der Waals surface area contributed by atoms with Crippen molar-refractivity contribution in [1.29, 1.82) is 5.26 Å². The maximum atomic E-state index is 10.3. The molecule has 0 saturated heterocycles. The molecule has 2 rings (SSSR count). The number of rotatable bonds is 3. The normalized spacial score (nSPS) is 30.1. The number of hydrogen-bond acceptors (Lipinski definition) is 3. The van der Waals surface area contributed by atoms with Crippen LogP contribution in [0.4, 0.5) is 0 Å². The van der Waals surface area contributed by atoms with Crippen LogP contribution >= 0.6 is 11.6 Å². The molecule has 1 aliphatic rings. The average molecular weight is 280 g/mol. The second-order valence-electron chi connectivity index (χ2n) is 5.40. The van der Waals surface area contributed by atoms with Crippen molar-refractivity contribution in [3.05, 3.63) is 28.8 Å². The Hall–Kier alpha value is -1.24. The van der Waals surface area contributed by atoms with Crippen molar-refractivity contribution in [1.82, 2.24) is 0 Å². The highest BCUT2D eigenvalue weighted by molar-refractivity contribution is 6.31. The lowest BCUT2D eigenvalue weighted by atomic mass is 9.91. The Kier molecular flexibility index (Phi) is 4.03. The first-order chi connectivity index (χ1) is 8.96. The first-order valence-electron chi connectivity index (χ1n) is 6.55. The molecule has 0 spiro atoms. The summed E-state index contributed by atoms with van der Waals surface area (Å²) >= 11 is 5.98. The van der Waals surface area contributed by atoms with E-state index in [0.717, 1.165) is 12.8 Å². The second kappa shape index (κ2) is 5.40. The third-order valence-corrected chi connectivity index (χ3v) is 4.24. The van der Waals surface area contributed by atoms with Gasteiger partial charge in [0.25, 0.3) is 0 Å². The van der Waals surface area contributed by atoms with Crippen LogP contribution in [0.25, 0.3) is 0 Å². The van der Waals surface area contributed by atoms with Crippen LogP contribution in [0.15, 0.2) is 18.2 Å². The quantitative estimate of drug-likeness (QED) is 0.921. The molecule has 0 amide bonds. The van der Waals surface area contributed by atoms with Crippen molar-refractivity contribution >= 4 is 11.6 Å². The van der Waals surface area contributed by atoms with Crippen LogP contribution in [0.1, 0.15) is 38.7 Å². The summed E-state index contributed by atoms with van der Waals surface area (Å²) in [6.45, 7) is 3.95. The molecule has 3 atom stereocenters. The van der Waals surface area contributed by atoms with Crippen LogP contribution in [-0.4, -0.2) is 16.8 Å². The molecule has 1 N–H and O–H groups in total. The van der Waals surface area contributed by atoms with Crippen molar-refractivity contribution < 1.29 is 9.84 Å². The van der Waals surface area contributed by atoms with Crippen molar-refractivity contribution in [2.45, 2.75) is 44.8 Å². The van der Waals surface area contributed by atoms with Gasteiger partial charge in [0.1, 0.15) is 17.9 Å². The fourth-order valence-corrected chi connectivity index (χ4v) is 3.04. The number of nitrogens with zero attached hydrogens (tertiary/aromatic N) is 1. The molecule has 1 aromatic carbocycles. The molecule has 1 fully saturated rings. The lowest BCUT2D eigenvalue weighted by molar-refractivity contribution is 0.0150. The molecule has 19 heavy (non-hydrogen) atoms. The van der Waals surface area contributed by atoms with E-state index in [1.165, 1.54) is 0 Å². The van der Waals surface area contributed by atoms with Crippen molar-refractivity contribution in [2.75, 3.05) is 0 Å². The van der Waals surface area contributed by atoms with Crippen LogP contribution in [0.3, 0.4) is 0 Å². The van der Waals surface area contributed by atoms with Gasteiger partial charge in [-0.25, -0.2) is 0 Å². The Balaban J connectivity index is 2.07. The Morgan fingerprint density at radius 1 is 1.58 bits per heavy atom. The van der Waals surface area contributed by atoms with Gasteiger partial charge in [0.15, 0.2) is 0 Å². The number of ether oxygens (including phenoxy) is 1. The van der Waals surface area contributed by atoms with Crippen molar-refractivity contribution in [2.24, 2.45) is 5.92 Å². The molecule has 0 aromatic heterocycles. The molecular weight excluding hydrogens is 262 g/mol. The van der Waals surface area contributed by atoms with Gasteiger partial charge in [-0.05, 0) is 31.4 Å². The lowest BCUT2D eigenvalue weighted by Gasteiger charge is -2.23. The van der Waals surface area contributed by atoms with E-state index in [1.54, 1.807) is 18.2 Å². The summed E-state index contributed by atoms with van der Waals surface area (Å²) in [5.41, 5.74) is -0.214. The van der Waals surface area contributed by atoms with Crippen molar-refractivity contribution in [3.8, 4) is 11.8 Å². The molecule has 0 aliphatic heterocycles.